The summed E-state index contributed by atoms with van der Waals surface area (Å²) in [4.78, 5) is 24.8. The van der Waals surface area contributed by atoms with Crippen molar-refractivity contribution in [2.75, 3.05) is 26.2 Å². The van der Waals surface area contributed by atoms with Gasteiger partial charge in [-0.25, -0.2) is 0 Å². The summed E-state index contributed by atoms with van der Waals surface area (Å²) in [5, 5.41) is 2.86. The van der Waals surface area contributed by atoms with Crippen LogP contribution in [0.1, 0.15) is 27.2 Å². The van der Waals surface area contributed by atoms with Crippen LogP contribution in [0.25, 0.3) is 0 Å². The molecule has 0 rings (SSSR count). The topological polar surface area (TPSA) is 58.6 Å². The van der Waals surface area contributed by atoms with Crippen molar-refractivity contribution in [3.05, 3.63) is 12.7 Å². The van der Waals surface area contributed by atoms with Gasteiger partial charge < -0.3 is 10.1 Å². The van der Waals surface area contributed by atoms with E-state index < -0.39 is 0 Å². The fourth-order valence-electron chi connectivity index (χ4n) is 1.38. The zero-order valence-electron chi connectivity index (χ0n) is 11.6. The molecule has 0 spiro atoms. The number of nitrogens with one attached hydrogen (secondary N) is 1. The first-order valence-electron chi connectivity index (χ1n) is 6.31. The maximum absolute atomic E-state index is 11.7. The molecule has 104 valence electrons. The average Bonchev–Trinajstić information content (AvgIpc) is 2.29. The molecular weight excluding hydrogens is 232 g/mol. The van der Waals surface area contributed by atoms with Gasteiger partial charge in [0.25, 0.3) is 0 Å². The Kier molecular flexibility index (Phi) is 8.92. The zero-order chi connectivity index (χ0) is 14.0. The molecule has 1 atom stereocenters. The summed E-state index contributed by atoms with van der Waals surface area (Å²) in [7, 11) is 0. The Morgan fingerprint density at radius 1 is 1.39 bits per heavy atom. The van der Waals surface area contributed by atoms with Crippen molar-refractivity contribution in [1.29, 1.82) is 0 Å². The van der Waals surface area contributed by atoms with Crippen molar-refractivity contribution in [2.24, 2.45) is 0 Å². The third-order valence-electron chi connectivity index (χ3n) is 2.43. The lowest BCUT2D eigenvalue weighted by Crippen LogP contribution is -2.42. The molecule has 5 heteroatoms. The largest absolute Gasteiger partial charge is 0.465 e. The summed E-state index contributed by atoms with van der Waals surface area (Å²) in [5.74, 6) is -0.411. The van der Waals surface area contributed by atoms with Crippen LogP contribution in [0, 0.1) is 0 Å². The Bertz CT molecular complexity index is 279. The summed E-state index contributed by atoms with van der Waals surface area (Å²) in [6.07, 6.45) is 2.54. The Balaban J connectivity index is 4.21. The minimum Gasteiger partial charge on any atom is -0.465 e. The fraction of sp³-hybridized carbons (Fsp3) is 0.692. The van der Waals surface area contributed by atoms with Crippen LogP contribution in [0.15, 0.2) is 12.7 Å². The van der Waals surface area contributed by atoms with Crippen LogP contribution in [0.5, 0.6) is 0 Å². The molecule has 1 amide bonds. The third kappa shape index (κ3) is 7.84. The van der Waals surface area contributed by atoms with E-state index in [4.69, 9.17) is 4.74 Å². The third-order valence-corrected chi connectivity index (χ3v) is 2.43. The molecule has 0 heterocycles. The maximum Gasteiger partial charge on any atom is 0.320 e. The lowest BCUT2D eigenvalue weighted by atomic mass is 10.2. The van der Waals surface area contributed by atoms with Crippen molar-refractivity contribution in [3.63, 3.8) is 0 Å². The summed E-state index contributed by atoms with van der Waals surface area (Å²) >= 11 is 0. The smallest absolute Gasteiger partial charge is 0.320 e. The van der Waals surface area contributed by atoms with E-state index in [1.165, 1.54) is 0 Å². The second-order valence-electron chi connectivity index (χ2n) is 4.14. The normalized spacial score (nSPS) is 12.0. The van der Waals surface area contributed by atoms with E-state index in [9.17, 15) is 9.59 Å². The number of carbonyl (C=O) groups excluding carboxylic acids is 2. The molecule has 1 unspecified atom stereocenters. The second kappa shape index (κ2) is 9.65. The van der Waals surface area contributed by atoms with Crippen molar-refractivity contribution >= 4 is 11.9 Å². The fourth-order valence-corrected chi connectivity index (χ4v) is 1.38. The van der Waals surface area contributed by atoms with Gasteiger partial charge in [-0.2, -0.15) is 0 Å². The van der Waals surface area contributed by atoms with Gasteiger partial charge in [0, 0.05) is 12.6 Å². The van der Waals surface area contributed by atoms with E-state index in [0.29, 0.717) is 13.2 Å². The van der Waals surface area contributed by atoms with Gasteiger partial charge in [-0.1, -0.05) is 13.0 Å². The van der Waals surface area contributed by atoms with Crippen LogP contribution < -0.4 is 5.32 Å². The molecule has 5 nitrogen and oxygen atoms in total. The lowest BCUT2D eigenvalue weighted by molar-refractivity contribution is -0.144. The van der Waals surface area contributed by atoms with Gasteiger partial charge in [-0.15, -0.1) is 6.58 Å². The number of hydrogen-bond donors (Lipinski definition) is 1. The second-order valence-corrected chi connectivity index (χ2v) is 4.14. The summed E-state index contributed by atoms with van der Waals surface area (Å²) in [5.41, 5.74) is 0. The molecule has 0 aromatic heterocycles. The SMILES string of the molecule is C=CCN(CC(=O)NC(C)CC)CC(=O)OCC. The van der Waals surface area contributed by atoms with Crippen molar-refractivity contribution in [2.45, 2.75) is 33.2 Å². The standard InChI is InChI=1S/C13H24N2O3/c1-5-8-15(10-13(17)18-7-3)9-12(16)14-11(4)6-2/h5,11H,1,6-10H2,2-4H3,(H,14,16). The number of esters is 1. The first-order valence-corrected chi connectivity index (χ1v) is 6.31. The Labute approximate surface area is 109 Å². The molecule has 0 aromatic rings. The van der Waals surface area contributed by atoms with E-state index in [0.717, 1.165) is 6.42 Å². The molecule has 0 aliphatic heterocycles. The molecule has 1 N–H and O–H groups in total. The molecule has 0 saturated carbocycles. The van der Waals surface area contributed by atoms with Crippen molar-refractivity contribution in [3.8, 4) is 0 Å². The number of rotatable bonds is 9. The van der Waals surface area contributed by atoms with Crippen LogP contribution in [0.2, 0.25) is 0 Å². The van der Waals surface area contributed by atoms with Gasteiger partial charge >= 0.3 is 5.97 Å². The predicted molar refractivity (Wildman–Crippen MR) is 71.2 cm³/mol. The van der Waals surface area contributed by atoms with Crippen LogP contribution >= 0.6 is 0 Å². The van der Waals surface area contributed by atoms with Crippen LogP contribution in [-0.2, 0) is 14.3 Å². The summed E-state index contributed by atoms with van der Waals surface area (Å²) < 4.78 is 4.86. The molecule has 18 heavy (non-hydrogen) atoms. The number of hydrogen-bond acceptors (Lipinski definition) is 4. The summed E-state index contributed by atoms with van der Waals surface area (Å²) in [6, 6.07) is 0.144. The number of carbonyl (C=O) groups is 2. The van der Waals surface area contributed by atoms with E-state index in [1.807, 2.05) is 13.8 Å². The molecule has 0 bridgehead atoms. The molecule has 0 aliphatic carbocycles. The van der Waals surface area contributed by atoms with E-state index >= 15 is 0 Å². The van der Waals surface area contributed by atoms with Gasteiger partial charge in [-0.3, -0.25) is 14.5 Å². The highest BCUT2D eigenvalue weighted by Crippen LogP contribution is 1.93. The predicted octanol–water partition coefficient (Wildman–Crippen LogP) is 0.952. The Morgan fingerprint density at radius 2 is 2.06 bits per heavy atom. The Morgan fingerprint density at radius 3 is 2.56 bits per heavy atom. The van der Waals surface area contributed by atoms with Crippen LogP contribution in [-0.4, -0.2) is 49.1 Å². The van der Waals surface area contributed by atoms with E-state index in [1.54, 1.807) is 17.9 Å². The maximum atomic E-state index is 11.7. The molecule has 0 radical (unpaired) electrons. The first-order chi connectivity index (χ1) is 8.53. The van der Waals surface area contributed by atoms with E-state index in [2.05, 4.69) is 11.9 Å². The van der Waals surface area contributed by atoms with E-state index in [-0.39, 0.29) is 31.0 Å². The van der Waals surface area contributed by atoms with Gasteiger partial charge in [0.05, 0.1) is 19.7 Å². The number of amides is 1. The van der Waals surface area contributed by atoms with Gasteiger partial charge in [0.2, 0.25) is 5.91 Å². The minimum absolute atomic E-state index is 0.0875. The average molecular weight is 256 g/mol. The molecule has 0 aliphatic rings. The van der Waals surface area contributed by atoms with Crippen molar-refractivity contribution in [1.82, 2.24) is 10.2 Å². The quantitative estimate of drug-likeness (QED) is 0.493. The zero-order valence-corrected chi connectivity index (χ0v) is 11.6. The molecule has 0 saturated heterocycles. The monoisotopic (exact) mass is 256 g/mol. The van der Waals surface area contributed by atoms with Gasteiger partial charge in [0.1, 0.15) is 0 Å². The number of nitrogens with zero attached hydrogens (tertiary/aromatic N) is 1. The lowest BCUT2D eigenvalue weighted by Gasteiger charge is -2.20. The van der Waals surface area contributed by atoms with Crippen LogP contribution in [0.3, 0.4) is 0 Å². The molecular formula is C13H24N2O3. The van der Waals surface area contributed by atoms with Crippen molar-refractivity contribution < 1.29 is 14.3 Å². The van der Waals surface area contributed by atoms with Gasteiger partial charge in [0.15, 0.2) is 0 Å². The van der Waals surface area contributed by atoms with Gasteiger partial charge in [-0.05, 0) is 20.3 Å². The highest BCUT2D eigenvalue weighted by molar-refractivity contribution is 5.79. The molecule has 0 aromatic carbocycles. The highest BCUT2D eigenvalue weighted by Gasteiger charge is 2.14. The van der Waals surface area contributed by atoms with Crippen LogP contribution in [0.4, 0.5) is 0 Å². The Hall–Kier alpha value is -1.36. The first kappa shape index (κ1) is 16.6. The highest BCUT2D eigenvalue weighted by atomic mass is 16.5. The number of ether oxygens (including phenoxy) is 1. The minimum atomic E-state index is -0.323. The molecule has 0 fully saturated rings. The summed E-state index contributed by atoms with van der Waals surface area (Å²) in [6.45, 7) is 10.4.